The molecule has 5 heteroatoms. The second-order valence-electron chi connectivity index (χ2n) is 4.17. The molecular formula is C15H15BrN2OS. The summed E-state index contributed by atoms with van der Waals surface area (Å²) in [7, 11) is 1.66. The Kier molecular flexibility index (Phi) is 5.38. The van der Waals surface area contributed by atoms with E-state index in [0.29, 0.717) is 11.7 Å². The molecule has 0 amide bonds. The summed E-state index contributed by atoms with van der Waals surface area (Å²) in [5.74, 6) is 0.843. The molecule has 104 valence electrons. The number of thiocarbonyl (C=S) groups is 1. The molecule has 2 aromatic rings. The Morgan fingerprint density at radius 3 is 2.75 bits per heavy atom. The van der Waals surface area contributed by atoms with Crippen molar-refractivity contribution in [2.24, 2.45) is 0 Å². The lowest BCUT2D eigenvalue weighted by molar-refractivity contribution is 0.414. The normalized spacial score (nSPS) is 9.90. The summed E-state index contributed by atoms with van der Waals surface area (Å²) in [4.78, 5) is 0. The summed E-state index contributed by atoms with van der Waals surface area (Å²) >= 11 is 8.70. The lowest BCUT2D eigenvalue weighted by atomic mass is 10.2. The van der Waals surface area contributed by atoms with Crippen LogP contribution in [0.5, 0.6) is 5.75 Å². The maximum absolute atomic E-state index is 5.27. The van der Waals surface area contributed by atoms with Gasteiger partial charge < -0.3 is 15.4 Å². The first-order chi connectivity index (χ1) is 9.67. The van der Waals surface area contributed by atoms with Crippen LogP contribution in [0.3, 0.4) is 0 Å². The van der Waals surface area contributed by atoms with Crippen molar-refractivity contribution in [2.75, 3.05) is 12.4 Å². The van der Waals surface area contributed by atoms with E-state index in [4.69, 9.17) is 17.0 Å². The minimum atomic E-state index is 0.589. The van der Waals surface area contributed by atoms with Crippen LogP contribution in [-0.2, 0) is 6.54 Å². The molecule has 3 nitrogen and oxygen atoms in total. The topological polar surface area (TPSA) is 33.3 Å². The van der Waals surface area contributed by atoms with Gasteiger partial charge in [-0.05, 0) is 48.1 Å². The molecule has 0 bridgehead atoms. The standard InChI is InChI=1S/C15H15BrN2OS/c1-19-14-7-2-4-11(8-14)10-17-15(20)18-13-6-3-5-12(16)9-13/h2-9H,10H2,1H3,(H2,17,18,20). The molecular weight excluding hydrogens is 336 g/mol. The van der Waals surface area contributed by atoms with Gasteiger partial charge in [-0.25, -0.2) is 0 Å². The second kappa shape index (κ2) is 7.26. The lowest BCUT2D eigenvalue weighted by Gasteiger charge is -2.11. The number of hydrogen-bond acceptors (Lipinski definition) is 2. The fraction of sp³-hybridized carbons (Fsp3) is 0.133. The van der Waals surface area contributed by atoms with Crippen molar-refractivity contribution in [2.45, 2.75) is 6.54 Å². The molecule has 0 saturated carbocycles. The van der Waals surface area contributed by atoms with Crippen LogP contribution < -0.4 is 15.4 Å². The predicted octanol–water partition coefficient (Wildman–Crippen LogP) is 3.94. The van der Waals surface area contributed by atoms with Gasteiger partial charge in [-0.1, -0.05) is 34.1 Å². The number of benzene rings is 2. The Morgan fingerprint density at radius 2 is 2.00 bits per heavy atom. The molecule has 0 atom stereocenters. The summed E-state index contributed by atoms with van der Waals surface area (Å²) in [5, 5.41) is 6.90. The molecule has 0 unspecified atom stereocenters. The van der Waals surface area contributed by atoms with E-state index in [9.17, 15) is 0 Å². The number of ether oxygens (including phenoxy) is 1. The van der Waals surface area contributed by atoms with E-state index in [2.05, 4.69) is 26.6 Å². The molecule has 0 aliphatic carbocycles. The molecule has 0 aliphatic rings. The molecule has 0 radical (unpaired) electrons. The van der Waals surface area contributed by atoms with Crippen LogP contribution in [0.2, 0.25) is 0 Å². The van der Waals surface area contributed by atoms with Crippen molar-refractivity contribution < 1.29 is 4.74 Å². The highest BCUT2D eigenvalue weighted by atomic mass is 79.9. The Labute approximate surface area is 132 Å². The van der Waals surface area contributed by atoms with Crippen molar-refractivity contribution in [3.05, 3.63) is 58.6 Å². The molecule has 0 heterocycles. The van der Waals surface area contributed by atoms with Gasteiger partial charge in [0.25, 0.3) is 0 Å². The maximum Gasteiger partial charge on any atom is 0.171 e. The van der Waals surface area contributed by atoms with E-state index in [0.717, 1.165) is 21.5 Å². The van der Waals surface area contributed by atoms with Gasteiger partial charge in [-0.15, -0.1) is 0 Å². The summed E-state index contributed by atoms with van der Waals surface area (Å²) in [6, 6.07) is 15.7. The first kappa shape index (κ1) is 14.8. The van der Waals surface area contributed by atoms with Crippen molar-refractivity contribution >= 4 is 38.9 Å². The quantitative estimate of drug-likeness (QED) is 0.818. The third-order valence-electron chi connectivity index (χ3n) is 2.67. The molecule has 0 fully saturated rings. The van der Waals surface area contributed by atoms with Gasteiger partial charge in [0.15, 0.2) is 5.11 Å². The minimum absolute atomic E-state index is 0.589. The highest BCUT2D eigenvalue weighted by molar-refractivity contribution is 9.10. The smallest absolute Gasteiger partial charge is 0.171 e. The number of methoxy groups -OCH3 is 1. The summed E-state index contributed by atoms with van der Waals surface area (Å²) in [6.07, 6.45) is 0. The SMILES string of the molecule is COc1cccc(CNC(=S)Nc2cccc(Br)c2)c1. The maximum atomic E-state index is 5.27. The molecule has 0 saturated heterocycles. The summed E-state index contributed by atoms with van der Waals surface area (Å²) in [6.45, 7) is 0.650. The van der Waals surface area contributed by atoms with Crippen LogP contribution >= 0.6 is 28.1 Å². The van der Waals surface area contributed by atoms with Crippen LogP contribution in [-0.4, -0.2) is 12.2 Å². The van der Waals surface area contributed by atoms with E-state index in [1.165, 1.54) is 0 Å². The summed E-state index contributed by atoms with van der Waals surface area (Å²) in [5.41, 5.74) is 2.06. The van der Waals surface area contributed by atoms with Crippen LogP contribution in [0.15, 0.2) is 53.0 Å². The van der Waals surface area contributed by atoms with Crippen molar-refractivity contribution in [3.63, 3.8) is 0 Å². The monoisotopic (exact) mass is 350 g/mol. The average Bonchev–Trinajstić information content (AvgIpc) is 2.45. The van der Waals surface area contributed by atoms with Gasteiger partial charge in [0.2, 0.25) is 0 Å². The number of rotatable bonds is 4. The Hall–Kier alpha value is -1.59. The number of halogens is 1. The summed E-state index contributed by atoms with van der Waals surface area (Å²) < 4.78 is 6.20. The van der Waals surface area contributed by atoms with Gasteiger partial charge in [-0.3, -0.25) is 0 Å². The first-order valence-electron chi connectivity index (χ1n) is 6.11. The zero-order valence-corrected chi connectivity index (χ0v) is 13.4. The number of anilines is 1. The van der Waals surface area contributed by atoms with Gasteiger partial charge in [0.05, 0.1) is 7.11 Å². The van der Waals surface area contributed by atoms with E-state index in [1.807, 2.05) is 48.5 Å². The van der Waals surface area contributed by atoms with Gasteiger partial charge in [0, 0.05) is 16.7 Å². The molecule has 2 rings (SSSR count). The molecule has 0 spiro atoms. The van der Waals surface area contributed by atoms with Gasteiger partial charge in [0.1, 0.15) is 5.75 Å². The van der Waals surface area contributed by atoms with Crippen LogP contribution in [0.4, 0.5) is 5.69 Å². The minimum Gasteiger partial charge on any atom is -0.497 e. The van der Waals surface area contributed by atoms with Gasteiger partial charge in [-0.2, -0.15) is 0 Å². The lowest BCUT2D eigenvalue weighted by Crippen LogP contribution is -2.27. The van der Waals surface area contributed by atoms with Crippen molar-refractivity contribution in [3.8, 4) is 5.75 Å². The molecule has 2 aromatic carbocycles. The molecule has 20 heavy (non-hydrogen) atoms. The second-order valence-corrected chi connectivity index (χ2v) is 5.49. The van der Waals surface area contributed by atoms with E-state index >= 15 is 0 Å². The third-order valence-corrected chi connectivity index (χ3v) is 3.41. The predicted molar refractivity (Wildman–Crippen MR) is 90.2 cm³/mol. The highest BCUT2D eigenvalue weighted by Crippen LogP contribution is 2.15. The average molecular weight is 351 g/mol. The van der Waals surface area contributed by atoms with Gasteiger partial charge >= 0.3 is 0 Å². The fourth-order valence-electron chi connectivity index (χ4n) is 1.71. The third kappa shape index (κ3) is 4.51. The number of nitrogens with one attached hydrogen (secondary N) is 2. The van der Waals surface area contributed by atoms with Crippen LogP contribution in [0.25, 0.3) is 0 Å². The fourth-order valence-corrected chi connectivity index (χ4v) is 2.30. The van der Waals surface area contributed by atoms with E-state index in [1.54, 1.807) is 7.11 Å². The van der Waals surface area contributed by atoms with Crippen LogP contribution in [0, 0.1) is 0 Å². The Balaban J connectivity index is 1.88. The Bertz CT molecular complexity index is 604. The molecule has 0 aromatic heterocycles. The molecule has 2 N–H and O–H groups in total. The zero-order valence-electron chi connectivity index (χ0n) is 11.0. The van der Waals surface area contributed by atoms with Crippen LogP contribution in [0.1, 0.15) is 5.56 Å². The van der Waals surface area contributed by atoms with Crippen molar-refractivity contribution in [1.29, 1.82) is 0 Å². The first-order valence-corrected chi connectivity index (χ1v) is 7.31. The van der Waals surface area contributed by atoms with Crippen molar-refractivity contribution in [1.82, 2.24) is 5.32 Å². The zero-order chi connectivity index (χ0) is 14.4. The van der Waals surface area contributed by atoms with E-state index < -0.39 is 0 Å². The highest BCUT2D eigenvalue weighted by Gasteiger charge is 2.00. The number of hydrogen-bond donors (Lipinski definition) is 2. The molecule has 0 aliphatic heterocycles. The largest absolute Gasteiger partial charge is 0.497 e. The Morgan fingerprint density at radius 1 is 1.20 bits per heavy atom. The van der Waals surface area contributed by atoms with E-state index in [-0.39, 0.29) is 0 Å².